The first kappa shape index (κ1) is 15.8. The average Bonchev–Trinajstić information content (AvgIpc) is 2.50. The number of benzene rings is 2. The fourth-order valence-corrected chi connectivity index (χ4v) is 1.96. The molecule has 0 aliphatic carbocycles. The number of amides is 1. The predicted molar refractivity (Wildman–Crippen MR) is 85.3 cm³/mol. The van der Waals surface area contributed by atoms with Crippen LogP contribution in [0.2, 0.25) is 0 Å². The number of halogens is 1. The smallest absolute Gasteiger partial charge is 0.265 e. The van der Waals surface area contributed by atoms with E-state index in [1.54, 1.807) is 12.1 Å². The lowest BCUT2D eigenvalue weighted by molar-refractivity contribution is -0.122. The van der Waals surface area contributed by atoms with E-state index in [0.29, 0.717) is 17.9 Å². The number of rotatable bonds is 5. The Morgan fingerprint density at radius 3 is 2.59 bits per heavy atom. The van der Waals surface area contributed by atoms with Crippen LogP contribution in [0.4, 0.5) is 15.8 Å². The highest BCUT2D eigenvalue weighted by Gasteiger charge is 2.19. The first-order valence-corrected chi connectivity index (χ1v) is 7.09. The summed E-state index contributed by atoms with van der Waals surface area (Å²) < 4.78 is 19.3. The lowest BCUT2D eigenvalue weighted by Gasteiger charge is -2.17. The van der Waals surface area contributed by atoms with Crippen molar-refractivity contribution in [3.63, 3.8) is 0 Å². The van der Waals surface area contributed by atoms with Gasteiger partial charge in [-0.25, -0.2) is 4.39 Å². The van der Waals surface area contributed by atoms with Crippen LogP contribution >= 0.6 is 0 Å². The maximum atomic E-state index is 13.7. The molecule has 0 saturated carbocycles. The molecule has 22 heavy (non-hydrogen) atoms. The molecule has 0 aliphatic rings. The van der Waals surface area contributed by atoms with E-state index in [0.717, 1.165) is 5.56 Å². The molecule has 0 unspecified atom stereocenters. The van der Waals surface area contributed by atoms with Crippen molar-refractivity contribution in [3.05, 3.63) is 53.8 Å². The van der Waals surface area contributed by atoms with Gasteiger partial charge in [-0.15, -0.1) is 0 Å². The van der Waals surface area contributed by atoms with Crippen molar-refractivity contribution >= 4 is 17.3 Å². The minimum Gasteiger partial charge on any atom is -0.481 e. The fraction of sp³-hybridized carbons (Fsp3) is 0.235. The van der Waals surface area contributed by atoms with E-state index >= 15 is 0 Å². The van der Waals surface area contributed by atoms with Gasteiger partial charge >= 0.3 is 0 Å². The molecule has 4 nitrogen and oxygen atoms in total. The van der Waals surface area contributed by atoms with Gasteiger partial charge in [0.1, 0.15) is 11.6 Å². The van der Waals surface area contributed by atoms with Crippen molar-refractivity contribution in [2.45, 2.75) is 26.4 Å². The molecule has 0 aliphatic heterocycles. The highest BCUT2D eigenvalue weighted by molar-refractivity contribution is 5.94. The zero-order chi connectivity index (χ0) is 16.1. The van der Waals surface area contributed by atoms with E-state index in [9.17, 15) is 9.18 Å². The lowest BCUT2D eigenvalue weighted by Crippen LogP contribution is -2.32. The molecule has 1 amide bonds. The summed E-state index contributed by atoms with van der Waals surface area (Å²) in [6.45, 7) is 3.80. The molecule has 0 spiro atoms. The van der Waals surface area contributed by atoms with E-state index in [1.165, 1.54) is 18.2 Å². The van der Waals surface area contributed by atoms with Crippen LogP contribution in [0.25, 0.3) is 0 Å². The maximum absolute atomic E-state index is 13.7. The van der Waals surface area contributed by atoms with Gasteiger partial charge in [-0.05, 0) is 43.7 Å². The Bertz CT molecular complexity index is 656. The molecule has 0 fully saturated rings. The Labute approximate surface area is 129 Å². The second-order valence-electron chi connectivity index (χ2n) is 5.06. The van der Waals surface area contributed by atoms with Gasteiger partial charge in [-0.1, -0.05) is 24.6 Å². The van der Waals surface area contributed by atoms with Gasteiger partial charge in [-0.2, -0.15) is 0 Å². The van der Waals surface area contributed by atoms with Gasteiger partial charge in [0.15, 0.2) is 6.10 Å². The summed E-state index contributed by atoms with van der Waals surface area (Å²) in [7, 11) is 0. The van der Waals surface area contributed by atoms with E-state index in [2.05, 4.69) is 5.32 Å². The lowest BCUT2D eigenvalue weighted by atomic mass is 10.2. The first-order chi connectivity index (χ1) is 10.5. The molecular formula is C17H19FN2O2. The maximum Gasteiger partial charge on any atom is 0.265 e. The van der Waals surface area contributed by atoms with Crippen molar-refractivity contribution < 1.29 is 13.9 Å². The molecule has 0 bridgehead atoms. The van der Waals surface area contributed by atoms with Crippen LogP contribution in [0.15, 0.2) is 42.5 Å². The van der Waals surface area contributed by atoms with Crippen LogP contribution in [0.3, 0.4) is 0 Å². The summed E-state index contributed by atoms with van der Waals surface area (Å²) in [6.07, 6.45) is -0.243. The number of nitrogens with two attached hydrogens (primary N) is 1. The summed E-state index contributed by atoms with van der Waals surface area (Å²) in [4.78, 5) is 12.2. The molecular weight excluding hydrogens is 283 g/mol. The van der Waals surface area contributed by atoms with Crippen LogP contribution in [-0.4, -0.2) is 12.0 Å². The third-order valence-corrected chi connectivity index (χ3v) is 3.21. The van der Waals surface area contributed by atoms with Crippen molar-refractivity contribution in [1.82, 2.24) is 0 Å². The average molecular weight is 302 g/mol. The highest BCUT2D eigenvalue weighted by Crippen LogP contribution is 2.19. The Morgan fingerprint density at radius 2 is 1.95 bits per heavy atom. The SMILES string of the molecule is CC[C@H](Oc1ccc(C)cc1)C(=O)Nc1cc(N)ccc1F. The second-order valence-corrected chi connectivity index (χ2v) is 5.06. The second kappa shape index (κ2) is 6.93. The standard InChI is InChI=1S/C17H19FN2O2/c1-3-16(22-13-7-4-11(2)5-8-13)17(21)20-15-10-12(19)6-9-14(15)18/h4-10,16H,3,19H2,1-2H3,(H,20,21)/t16-/m0/s1. The molecule has 5 heteroatoms. The highest BCUT2D eigenvalue weighted by atomic mass is 19.1. The zero-order valence-electron chi connectivity index (χ0n) is 12.6. The number of ether oxygens (including phenoxy) is 1. The predicted octanol–water partition coefficient (Wildman–Crippen LogP) is 3.51. The number of aryl methyl sites for hydroxylation is 1. The third-order valence-electron chi connectivity index (χ3n) is 3.21. The number of hydrogen-bond acceptors (Lipinski definition) is 3. The minimum atomic E-state index is -0.705. The summed E-state index contributed by atoms with van der Waals surface area (Å²) in [5.74, 6) is -0.346. The van der Waals surface area contributed by atoms with E-state index < -0.39 is 17.8 Å². The van der Waals surface area contributed by atoms with Crippen LogP contribution < -0.4 is 15.8 Å². The minimum absolute atomic E-state index is 0.0518. The quantitative estimate of drug-likeness (QED) is 0.831. The molecule has 116 valence electrons. The monoisotopic (exact) mass is 302 g/mol. The third kappa shape index (κ3) is 3.97. The van der Waals surface area contributed by atoms with Crippen molar-refractivity contribution in [2.75, 3.05) is 11.1 Å². The molecule has 0 radical (unpaired) electrons. The summed E-state index contributed by atoms with van der Waals surface area (Å²) in [5.41, 5.74) is 7.13. The number of hydrogen-bond donors (Lipinski definition) is 2. The molecule has 2 aromatic carbocycles. The van der Waals surface area contributed by atoms with Crippen molar-refractivity contribution in [2.24, 2.45) is 0 Å². The summed E-state index contributed by atoms with van der Waals surface area (Å²) >= 11 is 0. The Morgan fingerprint density at radius 1 is 1.27 bits per heavy atom. The Balaban J connectivity index is 2.08. The normalized spacial score (nSPS) is 11.8. The van der Waals surface area contributed by atoms with Gasteiger partial charge < -0.3 is 15.8 Å². The Kier molecular flexibility index (Phi) is 4.99. The number of nitrogen functional groups attached to an aromatic ring is 1. The number of carbonyl (C=O) groups excluding carboxylic acids is 1. The number of nitrogens with one attached hydrogen (secondary N) is 1. The summed E-state index contributed by atoms with van der Waals surface area (Å²) in [6, 6.07) is 11.4. The van der Waals surface area contributed by atoms with E-state index in [1.807, 2.05) is 26.0 Å². The molecule has 0 aromatic heterocycles. The molecule has 0 saturated heterocycles. The largest absolute Gasteiger partial charge is 0.481 e. The van der Waals surface area contributed by atoms with Crippen LogP contribution in [0, 0.1) is 12.7 Å². The van der Waals surface area contributed by atoms with Gasteiger partial charge in [0, 0.05) is 5.69 Å². The molecule has 1 atom stereocenters. The first-order valence-electron chi connectivity index (χ1n) is 7.09. The van der Waals surface area contributed by atoms with E-state index in [4.69, 9.17) is 10.5 Å². The molecule has 2 aromatic rings. The Hall–Kier alpha value is -2.56. The van der Waals surface area contributed by atoms with Crippen LogP contribution in [-0.2, 0) is 4.79 Å². The zero-order valence-corrected chi connectivity index (χ0v) is 12.6. The van der Waals surface area contributed by atoms with Crippen LogP contribution in [0.1, 0.15) is 18.9 Å². The van der Waals surface area contributed by atoms with E-state index in [-0.39, 0.29) is 5.69 Å². The molecule has 2 rings (SSSR count). The van der Waals surface area contributed by atoms with Crippen LogP contribution in [0.5, 0.6) is 5.75 Å². The topological polar surface area (TPSA) is 64.3 Å². The van der Waals surface area contributed by atoms with Gasteiger partial charge in [-0.3, -0.25) is 4.79 Å². The fourth-order valence-electron chi connectivity index (χ4n) is 1.96. The van der Waals surface area contributed by atoms with Crippen molar-refractivity contribution in [3.8, 4) is 5.75 Å². The summed E-state index contributed by atoms with van der Waals surface area (Å²) in [5, 5.41) is 2.51. The van der Waals surface area contributed by atoms with Gasteiger partial charge in [0.2, 0.25) is 0 Å². The molecule has 3 N–H and O–H groups in total. The van der Waals surface area contributed by atoms with Gasteiger partial charge in [0.05, 0.1) is 5.69 Å². The number of carbonyl (C=O) groups is 1. The van der Waals surface area contributed by atoms with Crippen molar-refractivity contribution in [1.29, 1.82) is 0 Å². The molecule has 0 heterocycles. The van der Waals surface area contributed by atoms with Gasteiger partial charge in [0.25, 0.3) is 5.91 Å². The number of anilines is 2.